The van der Waals surface area contributed by atoms with Crippen molar-refractivity contribution in [2.75, 3.05) is 20.2 Å². The number of amides is 1. The zero-order valence-corrected chi connectivity index (χ0v) is 16.9. The molecule has 0 saturated carbocycles. The van der Waals surface area contributed by atoms with E-state index in [1.54, 1.807) is 24.3 Å². The van der Waals surface area contributed by atoms with Crippen LogP contribution in [0.4, 0.5) is 5.69 Å². The molecule has 0 saturated heterocycles. The third-order valence-corrected chi connectivity index (χ3v) is 5.08. The molecule has 8 nitrogen and oxygen atoms in total. The lowest BCUT2D eigenvalue weighted by Gasteiger charge is -2.15. The highest BCUT2D eigenvalue weighted by Gasteiger charge is 2.20. The Morgan fingerprint density at radius 3 is 2.59 bits per heavy atom. The predicted octanol–water partition coefficient (Wildman–Crippen LogP) is 3.93. The molecule has 29 heavy (non-hydrogen) atoms. The summed E-state index contributed by atoms with van der Waals surface area (Å²) >= 11 is 7.08. The van der Waals surface area contributed by atoms with E-state index in [9.17, 15) is 19.7 Å². The van der Waals surface area contributed by atoms with Gasteiger partial charge in [-0.2, -0.15) is 5.26 Å². The number of nitro groups is 1. The topological polar surface area (TPSA) is 114 Å². The lowest BCUT2D eigenvalue weighted by molar-refractivity contribution is -0.384. The predicted molar refractivity (Wildman–Crippen MR) is 107 cm³/mol. The summed E-state index contributed by atoms with van der Waals surface area (Å²) in [5.41, 5.74) is -0.290. The molecule has 150 valence electrons. The summed E-state index contributed by atoms with van der Waals surface area (Å²) in [6, 6.07) is 12.6. The highest BCUT2D eigenvalue weighted by Crippen LogP contribution is 2.33. The molecule has 2 aromatic carbocycles. The molecule has 2 aromatic rings. The van der Waals surface area contributed by atoms with Gasteiger partial charge >= 0.3 is 5.97 Å². The summed E-state index contributed by atoms with van der Waals surface area (Å²) in [6.07, 6.45) is 0.156. The van der Waals surface area contributed by atoms with Crippen molar-refractivity contribution in [2.24, 2.45) is 0 Å². The number of carbonyl (C=O) groups is 2. The van der Waals surface area contributed by atoms with Gasteiger partial charge in [0.25, 0.3) is 11.6 Å². The zero-order valence-electron chi connectivity index (χ0n) is 15.3. The Balaban J connectivity index is 2.19. The van der Waals surface area contributed by atoms with Crippen LogP contribution in [0.25, 0.3) is 0 Å². The SMILES string of the molecule is CN(CCC#N)C(=O)COC(=O)c1cc([N+](=O)[O-])ccc1Sc1ccc(Cl)cc1. The van der Waals surface area contributed by atoms with E-state index in [-0.39, 0.29) is 24.2 Å². The molecule has 0 heterocycles. The number of hydrogen-bond donors (Lipinski definition) is 0. The molecule has 0 aliphatic heterocycles. The van der Waals surface area contributed by atoms with E-state index in [2.05, 4.69) is 0 Å². The standard InChI is InChI=1S/C19H16ClN3O5S/c1-22(10-2-9-21)18(24)12-28-19(25)16-11-14(23(26)27)5-8-17(16)29-15-6-3-13(20)4-7-15/h3-8,11H,2,10,12H2,1H3. The number of benzene rings is 2. The number of nitro benzene ring substituents is 1. The first-order valence-corrected chi connectivity index (χ1v) is 9.51. The van der Waals surface area contributed by atoms with Gasteiger partial charge in [0.2, 0.25) is 0 Å². The van der Waals surface area contributed by atoms with Crippen LogP contribution >= 0.6 is 23.4 Å². The minimum absolute atomic E-state index is 0.0216. The highest BCUT2D eigenvalue weighted by molar-refractivity contribution is 7.99. The first-order chi connectivity index (χ1) is 13.8. The summed E-state index contributed by atoms with van der Waals surface area (Å²) in [5, 5.41) is 20.2. The van der Waals surface area contributed by atoms with Gasteiger partial charge in [0.05, 0.1) is 23.0 Å². The van der Waals surface area contributed by atoms with Gasteiger partial charge in [-0.1, -0.05) is 23.4 Å². The molecule has 0 aliphatic rings. The minimum Gasteiger partial charge on any atom is -0.452 e. The quantitative estimate of drug-likeness (QED) is 0.352. The van der Waals surface area contributed by atoms with Gasteiger partial charge < -0.3 is 9.64 Å². The number of nitriles is 1. The molecule has 2 rings (SSSR count). The number of ether oxygens (including phenoxy) is 1. The summed E-state index contributed by atoms with van der Waals surface area (Å²) in [6.45, 7) is -0.324. The number of nitrogens with zero attached hydrogens (tertiary/aromatic N) is 3. The van der Waals surface area contributed by atoms with Gasteiger partial charge in [0.1, 0.15) is 0 Å². The fourth-order valence-electron chi connectivity index (χ4n) is 2.17. The highest BCUT2D eigenvalue weighted by atomic mass is 35.5. The Morgan fingerprint density at radius 2 is 1.97 bits per heavy atom. The Hall–Kier alpha value is -3.09. The van der Waals surface area contributed by atoms with Crippen LogP contribution in [0.3, 0.4) is 0 Å². The number of hydrogen-bond acceptors (Lipinski definition) is 7. The molecule has 0 atom stereocenters. The Bertz CT molecular complexity index is 959. The molecule has 0 fully saturated rings. The van der Waals surface area contributed by atoms with Crippen LogP contribution in [0.15, 0.2) is 52.3 Å². The lowest BCUT2D eigenvalue weighted by Crippen LogP contribution is -2.32. The first kappa shape index (κ1) is 22.2. The lowest BCUT2D eigenvalue weighted by atomic mass is 10.2. The van der Waals surface area contributed by atoms with Crippen molar-refractivity contribution in [3.05, 3.63) is 63.2 Å². The summed E-state index contributed by atoms with van der Waals surface area (Å²) < 4.78 is 5.05. The van der Waals surface area contributed by atoms with E-state index >= 15 is 0 Å². The van der Waals surface area contributed by atoms with Crippen molar-refractivity contribution in [2.45, 2.75) is 16.2 Å². The summed E-state index contributed by atoms with van der Waals surface area (Å²) in [7, 11) is 1.49. The zero-order chi connectivity index (χ0) is 21.4. The first-order valence-electron chi connectivity index (χ1n) is 8.31. The van der Waals surface area contributed by atoms with Crippen molar-refractivity contribution < 1.29 is 19.2 Å². The van der Waals surface area contributed by atoms with Crippen LogP contribution in [-0.4, -0.2) is 41.9 Å². The monoisotopic (exact) mass is 433 g/mol. The average molecular weight is 434 g/mol. The third-order valence-electron chi connectivity index (χ3n) is 3.75. The van der Waals surface area contributed by atoms with Crippen molar-refractivity contribution in [1.29, 1.82) is 5.26 Å². The number of likely N-dealkylation sites (N-methyl/N-ethyl adjacent to an activating group) is 1. The molecular formula is C19H16ClN3O5S. The van der Waals surface area contributed by atoms with Crippen molar-refractivity contribution in [1.82, 2.24) is 4.90 Å². The van der Waals surface area contributed by atoms with Crippen LogP contribution in [0.5, 0.6) is 0 Å². The number of carbonyl (C=O) groups excluding carboxylic acids is 2. The van der Waals surface area contributed by atoms with Gasteiger partial charge in [0.15, 0.2) is 6.61 Å². The number of non-ortho nitro benzene ring substituents is 1. The molecule has 0 bridgehead atoms. The van der Waals surface area contributed by atoms with Gasteiger partial charge in [-0.15, -0.1) is 0 Å². The molecule has 0 unspecified atom stereocenters. The van der Waals surface area contributed by atoms with Crippen LogP contribution < -0.4 is 0 Å². The number of esters is 1. The van der Waals surface area contributed by atoms with E-state index in [0.29, 0.717) is 9.92 Å². The summed E-state index contributed by atoms with van der Waals surface area (Å²) in [4.78, 5) is 37.4. The smallest absolute Gasteiger partial charge is 0.340 e. The molecule has 0 aliphatic carbocycles. The fourth-order valence-corrected chi connectivity index (χ4v) is 3.21. The van der Waals surface area contributed by atoms with E-state index in [4.69, 9.17) is 21.6 Å². The van der Waals surface area contributed by atoms with Crippen LogP contribution in [0.1, 0.15) is 16.8 Å². The molecular weight excluding hydrogens is 418 g/mol. The minimum atomic E-state index is -0.854. The summed E-state index contributed by atoms with van der Waals surface area (Å²) in [5.74, 6) is -1.34. The van der Waals surface area contributed by atoms with Crippen LogP contribution in [0, 0.1) is 21.4 Å². The molecule has 0 N–H and O–H groups in total. The second-order valence-electron chi connectivity index (χ2n) is 5.79. The second-order valence-corrected chi connectivity index (χ2v) is 7.34. The maximum Gasteiger partial charge on any atom is 0.340 e. The third kappa shape index (κ3) is 6.48. The molecule has 0 radical (unpaired) electrons. The van der Waals surface area contributed by atoms with Gasteiger partial charge in [-0.3, -0.25) is 14.9 Å². The van der Waals surface area contributed by atoms with Gasteiger partial charge in [-0.25, -0.2) is 4.79 Å². The van der Waals surface area contributed by atoms with Crippen LogP contribution in [-0.2, 0) is 9.53 Å². The molecule has 10 heteroatoms. The van der Waals surface area contributed by atoms with E-state index in [0.717, 1.165) is 11.0 Å². The molecule has 0 aromatic heterocycles. The number of rotatable bonds is 8. The van der Waals surface area contributed by atoms with E-state index in [1.807, 2.05) is 6.07 Å². The Kier molecular flexibility index (Phi) is 8.00. The van der Waals surface area contributed by atoms with Crippen molar-refractivity contribution in [3.63, 3.8) is 0 Å². The van der Waals surface area contributed by atoms with Gasteiger partial charge in [0, 0.05) is 40.5 Å². The Morgan fingerprint density at radius 1 is 1.28 bits per heavy atom. The maximum absolute atomic E-state index is 12.5. The van der Waals surface area contributed by atoms with Crippen LogP contribution in [0.2, 0.25) is 5.02 Å². The fraction of sp³-hybridized carbons (Fsp3) is 0.211. The molecule has 0 spiro atoms. The number of halogens is 1. The second kappa shape index (κ2) is 10.5. The van der Waals surface area contributed by atoms with E-state index in [1.165, 1.54) is 35.8 Å². The van der Waals surface area contributed by atoms with Gasteiger partial charge in [-0.05, 0) is 30.3 Å². The average Bonchev–Trinajstić information content (AvgIpc) is 2.71. The normalized spacial score (nSPS) is 10.1. The maximum atomic E-state index is 12.5. The van der Waals surface area contributed by atoms with Crippen molar-refractivity contribution >= 4 is 40.9 Å². The van der Waals surface area contributed by atoms with Crippen molar-refractivity contribution in [3.8, 4) is 6.07 Å². The Labute approximate surface area is 176 Å². The molecule has 1 amide bonds. The van der Waals surface area contributed by atoms with E-state index < -0.39 is 23.4 Å². The largest absolute Gasteiger partial charge is 0.452 e.